The summed E-state index contributed by atoms with van der Waals surface area (Å²) < 4.78 is 0. The average molecular weight is 738 g/mol. The van der Waals surface area contributed by atoms with Crippen LogP contribution in [0.15, 0.2) is 29.4 Å². The van der Waals surface area contributed by atoms with Gasteiger partial charge in [0.15, 0.2) is 23.1 Å². The summed E-state index contributed by atoms with van der Waals surface area (Å²) in [5, 5.41) is 3.97. The number of rotatable bonds is 13. The largest absolute Gasteiger partial charge is 0.399 e. The highest BCUT2D eigenvalue weighted by atomic mass is 16.6. The van der Waals surface area contributed by atoms with Gasteiger partial charge < -0.3 is 9.63 Å². The van der Waals surface area contributed by atoms with E-state index < -0.39 is 11.8 Å². The van der Waals surface area contributed by atoms with E-state index in [1.165, 1.54) is 22.3 Å². The number of Topliss-reactive ketones (excluding diaryl/α,β-unsaturated/α-hetero) is 5. The van der Waals surface area contributed by atoms with E-state index in [1.54, 1.807) is 14.0 Å². The summed E-state index contributed by atoms with van der Waals surface area (Å²) in [4.78, 5) is 69.2. The van der Waals surface area contributed by atoms with E-state index in [0.29, 0.717) is 18.3 Å². The van der Waals surface area contributed by atoms with Gasteiger partial charge in [-0.15, -0.1) is 0 Å². The fourth-order valence-corrected chi connectivity index (χ4v) is 10.6. The van der Waals surface area contributed by atoms with E-state index in [0.717, 1.165) is 98.6 Å². The van der Waals surface area contributed by atoms with Gasteiger partial charge in [-0.25, -0.2) is 0 Å². The maximum atomic E-state index is 13.3. The van der Waals surface area contributed by atoms with Gasteiger partial charge in [0.2, 0.25) is 0 Å². The first-order chi connectivity index (χ1) is 25.8. The smallest absolute Gasteiger partial charge is 0.151 e. The van der Waals surface area contributed by atoms with E-state index in [1.807, 2.05) is 6.92 Å². The first kappa shape index (κ1) is 41.4. The van der Waals surface area contributed by atoms with Crippen LogP contribution in [0.4, 0.5) is 0 Å². The zero-order chi connectivity index (χ0) is 39.4. The lowest BCUT2D eigenvalue weighted by molar-refractivity contribution is -0.127. The van der Waals surface area contributed by atoms with Crippen molar-refractivity contribution >= 4 is 34.6 Å². The lowest BCUT2D eigenvalue weighted by Gasteiger charge is -2.20. The number of carbonyl (C=O) groups is 5. The number of oxime groups is 1. The monoisotopic (exact) mass is 737 g/mol. The fraction of sp³-hybridized carbons (Fsp3) is 0.617. The van der Waals surface area contributed by atoms with Crippen molar-refractivity contribution in [2.45, 2.75) is 144 Å². The van der Waals surface area contributed by atoms with Crippen molar-refractivity contribution in [3.63, 3.8) is 0 Å². The summed E-state index contributed by atoms with van der Waals surface area (Å²) in [5.74, 6) is 0.0893. The number of hydrogen-bond acceptors (Lipinski definition) is 7. The Morgan fingerprint density at radius 1 is 0.593 bits per heavy atom. The molecule has 2 aromatic carbocycles. The van der Waals surface area contributed by atoms with Crippen LogP contribution in [-0.4, -0.2) is 41.7 Å². The molecule has 4 aliphatic carbocycles. The number of nitrogens with zero attached hydrogens (tertiary/aromatic N) is 1. The summed E-state index contributed by atoms with van der Waals surface area (Å²) in [6, 6.07) is 8.59. The third-order valence-electron chi connectivity index (χ3n) is 13.1. The molecule has 292 valence electrons. The molecule has 0 aliphatic heterocycles. The summed E-state index contributed by atoms with van der Waals surface area (Å²) in [7, 11) is 1.56. The van der Waals surface area contributed by atoms with Crippen LogP contribution in [0.3, 0.4) is 0 Å². The minimum absolute atomic E-state index is 0.0853. The van der Waals surface area contributed by atoms with Gasteiger partial charge in [-0.2, -0.15) is 0 Å². The molecule has 7 heteroatoms. The highest BCUT2D eigenvalue weighted by Crippen LogP contribution is 2.52. The molecule has 0 spiro atoms. The number of fused-ring (bicyclic) bond motifs is 2. The molecule has 54 heavy (non-hydrogen) atoms. The lowest BCUT2D eigenvalue weighted by atomic mass is 9.82. The van der Waals surface area contributed by atoms with Crippen LogP contribution in [0.5, 0.6) is 0 Å². The van der Waals surface area contributed by atoms with Gasteiger partial charge in [0.1, 0.15) is 24.7 Å². The molecule has 0 aromatic heterocycles. The molecule has 0 bridgehead atoms. The molecule has 4 saturated carbocycles. The van der Waals surface area contributed by atoms with E-state index in [2.05, 4.69) is 71.0 Å². The topological polar surface area (TPSA) is 107 Å². The SMILES string of the molecule is CCc1cc(C)cc(CC)c1C1C(=O)C2CC(CC/C(C)=N/OC)CC2C1=O.CCc1cc(C)cc(CC)c1C1C(=O)C2CC(CCC(C)=O)CC2C1=O. The summed E-state index contributed by atoms with van der Waals surface area (Å²) >= 11 is 0. The average Bonchev–Trinajstić information content (AvgIpc) is 3.88. The van der Waals surface area contributed by atoms with Gasteiger partial charge >= 0.3 is 0 Å². The fourth-order valence-electron chi connectivity index (χ4n) is 10.6. The van der Waals surface area contributed by atoms with Crippen molar-refractivity contribution < 1.29 is 28.8 Å². The van der Waals surface area contributed by atoms with Crippen molar-refractivity contribution in [2.75, 3.05) is 7.11 Å². The molecule has 4 aliphatic rings. The molecule has 0 heterocycles. The Kier molecular flexibility index (Phi) is 13.7. The number of hydrogen-bond donors (Lipinski definition) is 0. The quantitative estimate of drug-likeness (QED) is 0.115. The highest BCUT2D eigenvalue weighted by molar-refractivity contribution is 6.17. The van der Waals surface area contributed by atoms with Crippen molar-refractivity contribution in [1.82, 2.24) is 0 Å². The minimum atomic E-state index is -0.552. The van der Waals surface area contributed by atoms with Crippen LogP contribution in [0.1, 0.15) is 149 Å². The zero-order valence-corrected chi connectivity index (χ0v) is 34.3. The van der Waals surface area contributed by atoms with Crippen LogP contribution in [0.2, 0.25) is 0 Å². The number of ketones is 5. The highest BCUT2D eigenvalue weighted by Gasteiger charge is 2.55. The molecule has 4 atom stereocenters. The summed E-state index contributed by atoms with van der Waals surface area (Å²) in [5.41, 5.74) is 10.1. The Balaban J connectivity index is 0.000000208. The Hall–Kier alpha value is -3.74. The molecule has 0 amide bonds. The molecular formula is C47H63NO6. The molecular weight excluding hydrogens is 675 g/mol. The van der Waals surface area contributed by atoms with Gasteiger partial charge in [-0.05, 0) is 144 Å². The number of aryl methyl sites for hydroxylation is 6. The minimum Gasteiger partial charge on any atom is -0.399 e. The molecule has 4 unspecified atom stereocenters. The second-order valence-electron chi connectivity index (χ2n) is 16.8. The van der Waals surface area contributed by atoms with Crippen LogP contribution in [0, 0.1) is 49.4 Å². The molecule has 0 N–H and O–H groups in total. The van der Waals surface area contributed by atoms with Crippen molar-refractivity contribution in [1.29, 1.82) is 0 Å². The van der Waals surface area contributed by atoms with Gasteiger partial charge in [-0.1, -0.05) is 68.2 Å². The molecule has 7 nitrogen and oxygen atoms in total. The molecule has 2 aromatic rings. The Bertz CT molecular complexity index is 1700. The second kappa shape index (κ2) is 17.8. The van der Waals surface area contributed by atoms with Crippen molar-refractivity contribution in [2.24, 2.45) is 40.7 Å². The van der Waals surface area contributed by atoms with E-state index >= 15 is 0 Å². The Labute approximate surface area is 323 Å². The maximum Gasteiger partial charge on any atom is 0.151 e. The molecule has 6 rings (SSSR count). The van der Waals surface area contributed by atoms with E-state index in [-0.39, 0.29) is 52.6 Å². The van der Waals surface area contributed by atoms with Crippen molar-refractivity contribution in [3.05, 3.63) is 68.8 Å². The number of benzene rings is 2. The third kappa shape index (κ3) is 8.40. The first-order valence-corrected chi connectivity index (χ1v) is 20.7. The first-order valence-electron chi connectivity index (χ1n) is 20.7. The summed E-state index contributed by atoms with van der Waals surface area (Å²) in [6.45, 7) is 16.2. The van der Waals surface area contributed by atoms with Crippen LogP contribution >= 0.6 is 0 Å². The van der Waals surface area contributed by atoms with E-state index in [9.17, 15) is 24.0 Å². The normalized spacial score (nSPS) is 27.6. The molecule has 4 fully saturated rings. The van der Waals surface area contributed by atoms with E-state index in [4.69, 9.17) is 4.84 Å². The Morgan fingerprint density at radius 2 is 0.907 bits per heavy atom. The predicted molar refractivity (Wildman–Crippen MR) is 214 cm³/mol. The zero-order valence-electron chi connectivity index (χ0n) is 34.3. The second-order valence-corrected chi connectivity index (χ2v) is 16.8. The Morgan fingerprint density at radius 3 is 1.19 bits per heavy atom. The van der Waals surface area contributed by atoms with Crippen molar-refractivity contribution in [3.8, 4) is 0 Å². The van der Waals surface area contributed by atoms with Gasteiger partial charge in [-0.3, -0.25) is 19.2 Å². The van der Waals surface area contributed by atoms with Crippen LogP contribution in [-0.2, 0) is 54.5 Å². The van der Waals surface area contributed by atoms with Gasteiger partial charge in [0.05, 0.1) is 5.71 Å². The predicted octanol–water partition coefficient (Wildman–Crippen LogP) is 9.17. The van der Waals surface area contributed by atoms with Crippen LogP contribution in [0.25, 0.3) is 0 Å². The summed E-state index contributed by atoms with van der Waals surface area (Å²) in [6.07, 6.45) is 9.89. The van der Waals surface area contributed by atoms with Gasteiger partial charge in [0.25, 0.3) is 0 Å². The molecule has 0 radical (unpaired) electrons. The molecule has 0 saturated heterocycles. The van der Waals surface area contributed by atoms with Crippen LogP contribution < -0.4 is 0 Å². The third-order valence-corrected chi connectivity index (χ3v) is 13.1. The standard InChI is InChI=1S/C24H33NO3.C23H30O3/c1-6-17-10-14(3)11-18(7-2)21(17)22-23(26)19-12-16(13-20(19)24(22)27)9-8-15(4)25-28-5;1-5-16-9-13(3)10-17(6-2)20(16)21-22(25)18-11-15(8-7-14(4)24)12-19(18)23(21)26/h10-11,16,19-20,22H,6-9,12-13H2,1-5H3;9-10,15,18-19,21H,5-8,11-12H2,1-4H3/b25-15+;. The van der Waals surface area contributed by atoms with Gasteiger partial charge in [0, 0.05) is 30.1 Å². The lowest BCUT2D eigenvalue weighted by Crippen LogP contribution is -2.21. The maximum absolute atomic E-state index is 13.3. The number of carbonyl (C=O) groups excluding carboxylic acids is 5.